The fraction of sp³-hybridized carbons (Fsp3) is 0.211. The van der Waals surface area contributed by atoms with E-state index in [9.17, 15) is 14.4 Å². The van der Waals surface area contributed by atoms with Gasteiger partial charge in [-0.1, -0.05) is 23.7 Å². The Balaban J connectivity index is 2.07. The van der Waals surface area contributed by atoms with Crippen LogP contribution in [-0.4, -0.2) is 49.9 Å². The number of ether oxygens (including phenoxy) is 2. The summed E-state index contributed by atoms with van der Waals surface area (Å²) in [7, 11) is 2.94. The number of nitrogens with two attached hydrogens (primary N) is 1. The summed E-state index contributed by atoms with van der Waals surface area (Å²) in [6.07, 6.45) is 0. The molecule has 0 unspecified atom stereocenters. The van der Waals surface area contributed by atoms with Crippen LogP contribution < -0.4 is 20.5 Å². The smallest absolute Gasteiger partial charge is 0.257 e. The van der Waals surface area contributed by atoms with Gasteiger partial charge in [-0.3, -0.25) is 14.4 Å². The number of anilines is 1. The fourth-order valence-electron chi connectivity index (χ4n) is 2.38. The second-order valence-electron chi connectivity index (χ2n) is 5.81. The summed E-state index contributed by atoms with van der Waals surface area (Å²) in [6.45, 7) is -0.582. The summed E-state index contributed by atoms with van der Waals surface area (Å²) in [6, 6.07) is 11.2. The zero-order chi connectivity index (χ0) is 20.7. The quantitative estimate of drug-likeness (QED) is 0.697. The van der Waals surface area contributed by atoms with Crippen LogP contribution in [0, 0.1) is 0 Å². The highest BCUT2D eigenvalue weighted by Gasteiger charge is 2.19. The van der Waals surface area contributed by atoms with Gasteiger partial charge in [0.15, 0.2) is 6.61 Å². The minimum absolute atomic E-state index is 0.204. The number of halogens is 1. The number of carbonyl (C=O) groups excluding carboxylic acids is 3. The molecule has 0 fully saturated rings. The van der Waals surface area contributed by atoms with Gasteiger partial charge in [-0.05, 0) is 30.3 Å². The van der Waals surface area contributed by atoms with Gasteiger partial charge in [0.05, 0.1) is 24.9 Å². The van der Waals surface area contributed by atoms with Gasteiger partial charge < -0.3 is 25.4 Å². The first-order valence-corrected chi connectivity index (χ1v) is 8.58. The lowest BCUT2D eigenvalue weighted by molar-refractivity contribution is -0.120. The number of hydrogen-bond donors (Lipinski definition) is 2. The van der Waals surface area contributed by atoms with E-state index in [1.54, 1.807) is 36.4 Å². The Bertz CT molecular complexity index is 888. The molecule has 0 bridgehead atoms. The highest BCUT2D eigenvalue weighted by molar-refractivity contribution is 6.31. The molecule has 148 valence electrons. The lowest BCUT2D eigenvalue weighted by atomic mass is 10.1. The Morgan fingerprint density at radius 3 is 2.54 bits per heavy atom. The number of methoxy groups -OCH3 is 1. The molecule has 0 aromatic heterocycles. The van der Waals surface area contributed by atoms with Gasteiger partial charge in [-0.25, -0.2) is 0 Å². The summed E-state index contributed by atoms with van der Waals surface area (Å²) in [4.78, 5) is 37.2. The van der Waals surface area contributed by atoms with Crippen molar-refractivity contribution in [3.05, 3.63) is 53.1 Å². The molecule has 2 rings (SSSR count). The van der Waals surface area contributed by atoms with Gasteiger partial charge in [0, 0.05) is 12.1 Å². The largest absolute Gasteiger partial charge is 0.495 e. The van der Waals surface area contributed by atoms with Crippen LogP contribution in [0.1, 0.15) is 10.4 Å². The highest BCUT2D eigenvalue weighted by atomic mass is 35.5. The predicted molar refractivity (Wildman–Crippen MR) is 105 cm³/mol. The second-order valence-corrected chi connectivity index (χ2v) is 6.24. The molecule has 0 heterocycles. The van der Waals surface area contributed by atoms with Gasteiger partial charge in [-0.15, -0.1) is 0 Å². The molecule has 0 radical (unpaired) electrons. The molecule has 0 saturated carbocycles. The summed E-state index contributed by atoms with van der Waals surface area (Å²) in [5.41, 5.74) is 5.67. The minimum Gasteiger partial charge on any atom is -0.495 e. The Morgan fingerprint density at radius 1 is 1.14 bits per heavy atom. The van der Waals surface area contributed by atoms with Gasteiger partial charge in [0.2, 0.25) is 5.91 Å². The molecule has 9 heteroatoms. The molecule has 0 aliphatic rings. The molecular weight excluding hydrogens is 386 g/mol. The zero-order valence-electron chi connectivity index (χ0n) is 15.4. The topological polar surface area (TPSA) is 111 Å². The minimum atomic E-state index is -0.662. The number of primary amides is 1. The number of nitrogens with zero attached hydrogens (tertiary/aromatic N) is 1. The average Bonchev–Trinajstić information content (AvgIpc) is 2.66. The average molecular weight is 406 g/mol. The van der Waals surface area contributed by atoms with Gasteiger partial charge in [0.25, 0.3) is 11.8 Å². The van der Waals surface area contributed by atoms with E-state index in [0.29, 0.717) is 16.5 Å². The van der Waals surface area contributed by atoms with Crippen LogP contribution in [0.3, 0.4) is 0 Å². The van der Waals surface area contributed by atoms with Gasteiger partial charge >= 0.3 is 0 Å². The van der Waals surface area contributed by atoms with Crippen molar-refractivity contribution in [2.24, 2.45) is 5.73 Å². The molecule has 8 nitrogen and oxygen atoms in total. The van der Waals surface area contributed by atoms with E-state index in [-0.39, 0.29) is 24.5 Å². The molecule has 2 aromatic carbocycles. The number of nitrogens with one attached hydrogen (secondary N) is 1. The van der Waals surface area contributed by atoms with Crippen molar-refractivity contribution in [1.29, 1.82) is 0 Å². The van der Waals surface area contributed by atoms with Crippen molar-refractivity contribution in [2.45, 2.75) is 0 Å². The van der Waals surface area contributed by atoms with Crippen molar-refractivity contribution in [3.8, 4) is 11.5 Å². The first-order chi connectivity index (χ1) is 13.3. The Morgan fingerprint density at radius 2 is 1.86 bits per heavy atom. The number of likely N-dealkylation sites (N-methyl/N-ethyl adjacent to an activating group) is 1. The molecule has 0 saturated heterocycles. The van der Waals surface area contributed by atoms with Crippen LogP contribution in [0.4, 0.5) is 5.69 Å². The second kappa shape index (κ2) is 9.61. The first kappa shape index (κ1) is 21.0. The molecular formula is C19H20ClN3O5. The number of para-hydroxylation sites is 1. The van der Waals surface area contributed by atoms with Crippen LogP contribution in [-0.2, 0) is 9.59 Å². The summed E-state index contributed by atoms with van der Waals surface area (Å²) >= 11 is 5.94. The van der Waals surface area contributed by atoms with Crippen molar-refractivity contribution >= 4 is 35.0 Å². The van der Waals surface area contributed by atoms with Crippen molar-refractivity contribution < 1.29 is 23.9 Å². The van der Waals surface area contributed by atoms with E-state index in [1.165, 1.54) is 25.1 Å². The summed E-state index contributed by atoms with van der Waals surface area (Å²) in [5.74, 6) is -0.905. The fourth-order valence-corrected chi connectivity index (χ4v) is 2.55. The molecule has 0 aliphatic heterocycles. The van der Waals surface area contributed by atoms with Crippen LogP contribution in [0.2, 0.25) is 5.02 Å². The molecule has 0 atom stereocenters. The van der Waals surface area contributed by atoms with Crippen molar-refractivity contribution in [3.63, 3.8) is 0 Å². The molecule has 3 N–H and O–H groups in total. The maximum Gasteiger partial charge on any atom is 0.257 e. The van der Waals surface area contributed by atoms with Crippen LogP contribution >= 0.6 is 11.6 Å². The normalized spacial score (nSPS) is 10.1. The maximum atomic E-state index is 12.7. The SMILES string of the molecule is COc1ccc(Cl)cc1NC(=O)CN(C)C(=O)c1ccccc1OCC(N)=O. The molecule has 28 heavy (non-hydrogen) atoms. The number of benzene rings is 2. The van der Waals surface area contributed by atoms with Gasteiger partial charge in [0.1, 0.15) is 11.5 Å². The number of amides is 3. The number of rotatable bonds is 8. The summed E-state index contributed by atoms with van der Waals surface area (Å²) < 4.78 is 10.4. The zero-order valence-corrected chi connectivity index (χ0v) is 16.2. The van der Waals surface area contributed by atoms with Crippen LogP contribution in [0.15, 0.2) is 42.5 Å². The van der Waals surface area contributed by atoms with E-state index < -0.39 is 17.7 Å². The van der Waals surface area contributed by atoms with Gasteiger partial charge in [-0.2, -0.15) is 0 Å². The third-order valence-electron chi connectivity index (χ3n) is 3.65. The Kier molecular flexibility index (Phi) is 7.22. The lowest BCUT2D eigenvalue weighted by Crippen LogP contribution is -2.35. The van der Waals surface area contributed by atoms with E-state index in [0.717, 1.165) is 0 Å². The maximum absolute atomic E-state index is 12.7. The molecule has 2 aromatic rings. The highest BCUT2D eigenvalue weighted by Crippen LogP contribution is 2.27. The van der Waals surface area contributed by atoms with Crippen LogP contribution in [0.5, 0.6) is 11.5 Å². The number of hydrogen-bond acceptors (Lipinski definition) is 5. The molecule has 3 amide bonds. The lowest BCUT2D eigenvalue weighted by Gasteiger charge is -2.19. The third kappa shape index (κ3) is 5.62. The van der Waals surface area contributed by atoms with Crippen molar-refractivity contribution in [2.75, 3.05) is 32.6 Å². The van der Waals surface area contributed by atoms with Crippen molar-refractivity contribution in [1.82, 2.24) is 4.90 Å². The monoisotopic (exact) mass is 405 g/mol. The number of carbonyl (C=O) groups is 3. The van der Waals surface area contributed by atoms with E-state index >= 15 is 0 Å². The van der Waals surface area contributed by atoms with E-state index in [1.807, 2.05) is 0 Å². The Hall–Kier alpha value is -3.26. The third-order valence-corrected chi connectivity index (χ3v) is 3.89. The van der Waals surface area contributed by atoms with E-state index in [2.05, 4.69) is 5.32 Å². The standard InChI is InChI=1S/C19H20ClN3O5/c1-23(10-18(25)22-14-9-12(20)7-8-16(14)27-2)19(26)13-5-3-4-6-15(13)28-11-17(21)24/h3-9H,10-11H2,1-2H3,(H2,21,24)(H,22,25). The van der Waals surface area contributed by atoms with E-state index in [4.69, 9.17) is 26.8 Å². The predicted octanol–water partition coefficient (Wildman–Crippen LogP) is 1.92. The summed E-state index contributed by atoms with van der Waals surface area (Å²) in [5, 5.41) is 3.09. The molecule has 0 spiro atoms. The molecule has 0 aliphatic carbocycles. The Labute approximate surface area is 167 Å². The van der Waals surface area contributed by atoms with Crippen LogP contribution in [0.25, 0.3) is 0 Å². The first-order valence-electron chi connectivity index (χ1n) is 8.20.